The number of hydrogen-bond donors (Lipinski definition) is 2. The molecule has 0 spiro atoms. The van der Waals surface area contributed by atoms with Crippen LogP contribution < -0.4 is 0 Å². The fourth-order valence-corrected chi connectivity index (χ4v) is 1.93. The second kappa shape index (κ2) is 6.41. The van der Waals surface area contributed by atoms with Gasteiger partial charge in [0.25, 0.3) is 0 Å². The molecule has 3 heteroatoms. The van der Waals surface area contributed by atoms with Gasteiger partial charge in [0.1, 0.15) is 0 Å². The first-order valence-corrected chi connectivity index (χ1v) is 6.66. The summed E-state index contributed by atoms with van der Waals surface area (Å²) in [6.45, 7) is 10.1. The lowest BCUT2D eigenvalue weighted by atomic mass is 9.93. The molecule has 0 aliphatic heterocycles. The summed E-state index contributed by atoms with van der Waals surface area (Å²) in [6.07, 6.45) is 4.07. The van der Waals surface area contributed by atoms with Gasteiger partial charge in [-0.1, -0.05) is 19.4 Å². The standard InChI is InChI=1S/C16H23N3/c1-6-11(4)16(18)14-9-19-15(7-12(14)5)13(8-17)10(2)3/h7-9,11,17-18H,6H2,1-5H3. The molecule has 1 aromatic heterocycles. The van der Waals surface area contributed by atoms with Gasteiger partial charge in [-0.3, -0.25) is 4.98 Å². The van der Waals surface area contributed by atoms with Gasteiger partial charge in [0.05, 0.1) is 5.69 Å². The van der Waals surface area contributed by atoms with Crippen LogP contribution in [0.5, 0.6) is 0 Å². The van der Waals surface area contributed by atoms with Crippen LogP contribution in [0.4, 0.5) is 0 Å². The zero-order valence-corrected chi connectivity index (χ0v) is 12.5. The van der Waals surface area contributed by atoms with Crippen LogP contribution in [0.1, 0.15) is 50.9 Å². The van der Waals surface area contributed by atoms with E-state index in [0.717, 1.165) is 34.4 Å². The Morgan fingerprint density at radius 1 is 1.42 bits per heavy atom. The summed E-state index contributed by atoms with van der Waals surface area (Å²) >= 11 is 0. The number of nitrogens with zero attached hydrogens (tertiary/aromatic N) is 1. The normalized spacial score (nSPS) is 11.8. The Hall–Kier alpha value is -1.77. The monoisotopic (exact) mass is 257 g/mol. The lowest BCUT2D eigenvalue weighted by molar-refractivity contribution is 0.735. The van der Waals surface area contributed by atoms with Crippen molar-refractivity contribution < 1.29 is 0 Å². The van der Waals surface area contributed by atoms with Crippen molar-refractivity contribution in [2.24, 2.45) is 5.92 Å². The van der Waals surface area contributed by atoms with Crippen LogP contribution >= 0.6 is 0 Å². The first-order chi connectivity index (χ1) is 8.92. The van der Waals surface area contributed by atoms with Gasteiger partial charge in [-0.15, -0.1) is 0 Å². The molecule has 0 saturated carbocycles. The summed E-state index contributed by atoms with van der Waals surface area (Å²) in [4.78, 5) is 4.42. The Morgan fingerprint density at radius 2 is 2.05 bits per heavy atom. The number of hydrogen-bond acceptors (Lipinski definition) is 3. The van der Waals surface area contributed by atoms with E-state index in [1.54, 1.807) is 6.20 Å². The van der Waals surface area contributed by atoms with E-state index in [0.29, 0.717) is 5.71 Å². The van der Waals surface area contributed by atoms with Gasteiger partial charge >= 0.3 is 0 Å². The first-order valence-electron chi connectivity index (χ1n) is 6.66. The van der Waals surface area contributed by atoms with E-state index in [2.05, 4.69) is 18.8 Å². The molecule has 0 bridgehead atoms. The van der Waals surface area contributed by atoms with Crippen LogP contribution in [0.15, 0.2) is 17.8 Å². The van der Waals surface area contributed by atoms with Crippen LogP contribution in [0, 0.1) is 23.7 Å². The maximum absolute atomic E-state index is 8.19. The molecule has 1 aromatic rings. The molecule has 1 rings (SSSR count). The molecule has 1 heterocycles. The summed E-state index contributed by atoms with van der Waals surface area (Å²) in [7, 11) is 0. The Balaban J connectivity index is 3.22. The maximum atomic E-state index is 8.19. The van der Waals surface area contributed by atoms with E-state index >= 15 is 0 Å². The molecule has 19 heavy (non-hydrogen) atoms. The molecule has 1 unspecified atom stereocenters. The molecule has 0 amide bonds. The van der Waals surface area contributed by atoms with E-state index < -0.39 is 0 Å². The fraction of sp³-hybridized carbons (Fsp3) is 0.438. The summed E-state index contributed by atoms with van der Waals surface area (Å²) < 4.78 is 0. The Morgan fingerprint density at radius 3 is 2.47 bits per heavy atom. The predicted octanol–water partition coefficient (Wildman–Crippen LogP) is 4.25. The van der Waals surface area contributed by atoms with E-state index in [1.165, 1.54) is 6.21 Å². The maximum Gasteiger partial charge on any atom is 0.0719 e. The highest BCUT2D eigenvalue weighted by Crippen LogP contribution is 2.20. The van der Waals surface area contributed by atoms with Gasteiger partial charge in [0, 0.05) is 29.3 Å². The largest absolute Gasteiger partial charge is 0.308 e. The highest BCUT2D eigenvalue weighted by molar-refractivity contribution is 6.09. The van der Waals surface area contributed by atoms with E-state index in [4.69, 9.17) is 10.8 Å². The van der Waals surface area contributed by atoms with Gasteiger partial charge in [0.2, 0.25) is 0 Å². The average Bonchev–Trinajstić information content (AvgIpc) is 2.37. The van der Waals surface area contributed by atoms with Crippen LogP contribution in [0.3, 0.4) is 0 Å². The van der Waals surface area contributed by atoms with Crippen molar-refractivity contribution in [3.63, 3.8) is 0 Å². The number of rotatable bonds is 5. The molecule has 0 aliphatic carbocycles. The minimum Gasteiger partial charge on any atom is -0.308 e. The number of aromatic nitrogens is 1. The molecule has 0 radical (unpaired) electrons. The molecule has 0 fully saturated rings. The molecule has 102 valence electrons. The minimum atomic E-state index is 0.247. The highest BCUT2D eigenvalue weighted by Gasteiger charge is 2.13. The number of nitrogens with one attached hydrogen (secondary N) is 2. The lowest BCUT2D eigenvalue weighted by Gasteiger charge is -2.14. The van der Waals surface area contributed by atoms with Gasteiger partial charge in [-0.25, -0.2) is 0 Å². The molecule has 0 aliphatic rings. The smallest absolute Gasteiger partial charge is 0.0719 e. The number of pyridine rings is 1. The molecule has 1 atom stereocenters. The van der Waals surface area contributed by atoms with E-state index in [1.807, 2.05) is 26.8 Å². The zero-order chi connectivity index (χ0) is 14.6. The molecule has 0 saturated heterocycles. The summed E-state index contributed by atoms with van der Waals surface area (Å²) in [5.74, 6) is 0.247. The number of allylic oxidation sites excluding steroid dienone is 2. The van der Waals surface area contributed by atoms with Crippen molar-refractivity contribution in [1.29, 1.82) is 10.8 Å². The van der Waals surface area contributed by atoms with E-state index in [9.17, 15) is 0 Å². The van der Waals surface area contributed by atoms with Crippen LogP contribution in [-0.2, 0) is 0 Å². The minimum absolute atomic E-state index is 0.247. The second-order valence-corrected chi connectivity index (χ2v) is 5.17. The first kappa shape index (κ1) is 15.3. The van der Waals surface area contributed by atoms with Crippen LogP contribution in [-0.4, -0.2) is 16.9 Å². The topological polar surface area (TPSA) is 60.6 Å². The third kappa shape index (κ3) is 3.37. The summed E-state index contributed by atoms with van der Waals surface area (Å²) in [5, 5.41) is 15.7. The lowest BCUT2D eigenvalue weighted by Crippen LogP contribution is -2.12. The Kier molecular flexibility index (Phi) is 5.16. The fourth-order valence-electron chi connectivity index (χ4n) is 1.93. The third-order valence-corrected chi connectivity index (χ3v) is 3.47. The molecular weight excluding hydrogens is 234 g/mol. The third-order valence-electron chi connectivity index (χ3n) is 3.47. The molecule has 0 aromatic carbocycles. The molecule has 3 nitrogen and oxygen atoms in total. The predicted molar refractivity (Wildman–Crippen MR) is 82.3 cm³/mol. The molecular formula is C16H23N3. The van der Waals surface area contributed by atoms with Gasteiger partial charge in [0.15, 0.2) is 0 Å². The Labute approximate surface area is 115 Å². The average molecular weight is 257 g/mol. The van der Waals surface area contributed by atoms with Crippen molar-refractivity contribution in [3.05, 3.63) is 34.7 Å². The number of aryl methyl sites for hydroxylation is 1. The van der Waals surface area contributed by atoms with Crippen molar-refractivity contribution in [2.45, 2.75) is 41.0 Å². The Bertz CT molecular complexity index is 523. The van der Waals surface area contributed by atoms with Gasteiger partial charge < -0.3 is 10.8 Å². The quantitative estimate of drug-likeness (QED) is 0.761. The van der Waals surface area contributed by atoms with Crippen LogP contribution in [0.25, 0.3) is 5.57 Å². The second-order valence-electron chi connectivity index (χ2n) is 5.17. The highest BCUT2D eigenvalue weighted by atomic mass is 14.7. The SMILES string of the molecule is CCC(C)C(=N)c1cnc(C(C=N)=C(C)C)cc1C. The van der Waals surface area contributed by atoms with Gasteiger partial charge in [-0.2, -0.15) is 0 Å². The summed E-state index contributed by atoms with van der Waals surface area (Å²) in [6, 6.07) is 1.97. The van der Waals surface area contributed by atoms with Gasteiger partial charge in [-0.05, 0) is 44.7 Å². The van der Waals surface area contributed by atoms with Crippen molar-refractivity contribution in [2.75, 3.05) is 0 Å². The zero-order valence-electron chi connectivity index (χ0n) is 12.5. The molecule has 2 N–H and O–H groups in total. The van der Waals surface area contributed by atoms with Crippen LogP contribution in [0.2, 0.25) is 0 Å². The van der Waals surface area contributed by atoms with Crippen molar-refractivity contribution >= 4 is 17.5 Å². The summed E-state index contributed by atoms with van der Waals surface area (Å²) in [5.41, 5.74) is 5.35. The van der Waals surface area contributed by atoms with E-state index in [-0.39, 0.29) is 5.92 Å². The van der Waals surface area contributed by atoms with Crippen molar-refractivity contribution in [3.8, 4) is 0 Å². The van der Waals surface area contributed by atoms with Crippen molar-refractivity contribution in [1.82, 2.24) is 4.98 Å².